The summed E-state index contributed by atoms with van der Waals surface area (Å²) in [5.74, 6) is -0.441. The van der Waals surface area contributed by atoms with Gasteiger partial charge in [-0.3, -0.25) is 9.59 Å². The van der Waals surface area contributed by atoms with Crippen LogP contribution in [0.1, 0.15) is 36.0 Å². The van der Waals surface area contributed by atoms with Gasteiger partial charge >= 0.3 is 0 Å². The first-order valence-corrected chi connectivity index (χ1v) is 9.07. The molecular formula is C21H21FN2O2. The summed E-state index contributed by atoms with van der Waals surface area (Å²) < 4.78 is 13.9. The van der Waals surface area contributed by atoms with E-state index in [0.29, 0.717) is 24.2 Å². The van der Waals surface area contributed by atoms with Gasteiger partial charge in [0.05, 0.1) is 0 Å². The third-order valence-electron chi connectivity index (χ3n) is 5.55. The molecule has 5 heteroatoms. The van der Waals surface area contributed by atoms with Gasteiger partial charge < -0.3 is 10.2 Å². The summed E-state index contributed by atoms with van der Waals surface area (Å²) in [7, 11) is 0. The Kier molecular flexibility index (Phi) is 4.23. The van der Waals surface area contributed by atoms with Crippen LogP contribution in [0.2, 0.25) is 0 Å². The molecule has 1 heterocycles. The highest BCUT2D eigenvalue weighted by Crippen LogP contribution is 2.38. The van der Waals surface area contributed by atoms with Crippen molar-refractivity contribution in [1.82, 2.24) is 10.2 Å². The molecule has 4 nitrogen and oxygen atoms in total. The summed E-state index contributed by atoms with van der Waals surface area (Å²) in [4.78, 5) is 27.3. The van der Waals surface area contributed by atoms with E-state index < -0.39 is 5.54 Å². The van der Waals surface area contributed by atoms with Crippen LogP contribution >= 0.6 is 0 Å². The van der Waals surface area contributed by atoms with Crippen LogP contribution in [0.3, 0.4) is 0 Å². The van der Waals surface area contributed by atoms with E-state index in [9.17, 15) is 14.0 Å². The van der Waals surface area contributed by atoms with Crippen LogP contribution < -0.4 is 5.32 Å². The molecular weight excluding hydrogens is 331 g/mol. The second kappa shape index (κ2) is 6.56. The molecule has 1 saturated carbocycles. The number of rotatable bonds is 2. The number of carbonyl (C=O) groups excluding carboxylic acids is 2. The van der Waals surface area contributed by atoms with Crippen LogP contribution in [0.5, 0.6) is 0 Å². The van der Waals surface area contributed by atoms with Crippen molar-refractivity contribution in [2.75, 3.05) is 13.1 Å². The molecule has 0 atom stereocenters. The van der Waals surface area contributed by atoms with Crippen molar-refractivity contribution >= 4 is 11.8 Å². The Morgan fingerprint density at radius 1 is 1.04 bits per heavy atom. The van der Waals surface area contributed by atoms with Crippen molar-refractivity contribution in [3.63, 3.8) is 0 Å². The first-order chi connectivity index (χ1) is 12.6. The Labute approximate surface area is 152 Å². The lowest BCUT2D eigenvalue weighted by molar-refractivity contribution is -0.134. The van der Waals surface area contributed by atoms with E-state index in [-0.39, 0.29) is 17.6 Å². The van der Waals surface area contributed by atoms with Gasteiger partial charge in [-0.15, -0.1) is 0 Å². The van der Waals surface area contributed by atoms with Crippen LogP contribution in [0, 0.1) is 5.82 Å². The second-order valence-corrected chi connectivity index (χ2v) is 7.01. The van der Waals surface area contributed by atoms with Crippen molar-refractivity contribution in [2.24, 2.45) is 0 Å². The molecule has 4 rings (SSSR count). The van der Waals surface area contributed by atoms with Crippen molar-refractivity contribution in [2.45, 2.75) is 31.2 Å². The van der Waals surface area contributed by atoms with Crippen molar-refractivity contribution < 1.29 is 14.0 Å². The molecule has 1 spiro atoms. The van der Waals surface area contributed by atoms with Gasteiger partial charge in [0, 0.05) is 24.2 Å². The van der Waals surface area contributed by atoms with Gasteiger partial charge in [-0.2, -0.15) is 0 Å². The smallest absolute Gasteiger partial charge is 0.254 e. The highest BCUT2D eigenvalue weighted by atomic mass is 19.1. The van der Waals surface area contributed by atoms with Gasteiger partial charge in [0.1, 0.15) is 11.4 Å². The molecule has 1 aliphatic heterocycles. The summed E-state index contributed by atoms with van der Waals surface area (Å²) in [5, 5.41) is 2.91. The van der Waals surface area contributed by atoms with E-state index >= 15 is 0 Å². The lowest BCUT2D eigenvalue weighted by Gasteiger charge is -2.43. The van der Waals surface area contributed by atoms with Crippen LogP contribution in [0.25, 0.3) is 11.1 Å². The van der Waals surface area contributed by atoms with E-state index in [1.54, 1.807) is 47.4 Å². The molecule has 2 amide bonds. The monoisotopic (exact) mass is 352 g/mol. The molecule has 0 unspecified atom stereocenters. The predicted octanol–water partition coefficient (Wildman–Crippen LogP) is 3.38. The maximum Gasteiger partial charge on any atom is 0.254 e. The van der Waals surface area contributed by atoms with E-state index in [1.807, 2.05) is 0 Å². The third kappa shape index (κ3) is 2.68. The standard InChI is InChI=1S/C21H21FN2O2/c22-18-6-2-1-5-17(18)15-7-9-16(10-8-15)19(25)24-14-13-23-20(26)21(24)11-3-4-12-21/h1-2,5-10H,3-4,11-14H2,(H,23,26). The summed E-state index contributed by atoms with van der Waals surface area (Å²) >= 11 is 0. The highest BCUT2D eigenvalue weighted by molar-refractivity contribution is 6.00. The number of nitrogens with zero attached hydrogens (tertiary/aromatic N) is 1. The minimum Gasteiger partial charge on any atom is -0.352 e. The topological polar surface area (TPSA) is 49.4 Å². The number of halogens is 1. The zero-order valence-electron chi connectivity index (χ0n) is 14.5. The predicted molar refractivity (Wildman–Crippen MR) is 97.1 cm³/mol. The number of hydrogen-bond donors (Lipinski definition) is 1. The quantitative estimate of drug-likeness (QED) is 0.901. The molecule has 2 aromatic carbocycles. The Bertz CT molecular complexity index is 841. The van der Waals surface area contributed by atoms with Crippen molar-refractivity contribution in [3.05, 3.63) is 59.9 Å². The minimum absolute atomic E-state index is 0.0300. The number of amides is 2. The Morgan fingerprint density at radius 3 is 2.42 bits per heavy atom. The number of hydrogen-bond acceptors (Lipinski definition) is 2. The molecule has 2 aliphatic rings. The molecule has 1 aliphatic carbocycles. The normalized spacial score (nSPS) is 18.8. The summed E-state index contributed by atoms with van der Waals surface area (Å²) in [6.45, 7) is 1.01. The SMILES string of the molecule is O=C(c1ccc(-c2ccccc2F)cc1)N1CCNC(=O)C12CCCC2. The highest BCUT2D eigenvalue weighted by Gasteiger charge is 2.50. The van der Waals surface area contributed by atoms with Crippen LogP contribution in [-0.4, -0.2) is 35.3 Å². The molecule has 0 radical (unpaired) electrons. The van der Waals surface area contributed by atoms with Crippen LogP contribution in [0.4, 0.5) is 4.39 Å². The van der Waals surface area contributed by atoms with E-state index in [2.05, 4.69) is 5.32 Å². The molecule has 1 saturated heterocycles. The minimum atomic E-state index is -0.695. The van der Waals surface area contributed by atoms with Crippen molar-refractivity contribution in [3.8, 4) is 11.1 Å². The van der Waals surface area contributed by atoms with Gasteiger partial charge in [-0.25, -0.2) is 4.39 Å². The van der Waals surface area contributed by atoms with Gasteiger partial charge in [0.25, 0.3) is 5.91 Å². The van der Waals surface area contributed by atoms with E-state index in [4.69, 9.17) is 0 Å². The number of piperazine rings is 1. The molecule has 134 valence electrons. The molecule has 0 aromatic heterocycles. The molecule has 2 aromatic rings. The molecule has 26 heavy (non-hydrogen) atoms. The maximum absolute atomic E-state index is 13.9. The third-order valence-corrected chi connectivity index (χ3v) is 5.55. The number of carbonyl (C=O) groups is 2. The fourth-order valence-electron chi connectivity index (χ4n) is 4.18. The molecule has 1 N–H and O–H groups in total. The zero-order valence-corrected chi connectivity index (χ0v) is 14.5. The second-order valence-electron chi connectivity index (χ2n) is 7.01. The fraction of sp³-hybridized carbons (Fsp3) is 0.333. The molecule has 0 bridgehead atoms. The Balaban J connectivity index is 1.62. The van der Waals surface area contributed by atoms with Crippen LogP contribution in [-0.2, 0) is 4.79 Å². The van der Waals surface area contributed by atoms with Gasteiger partial charge in [-0.05, 0) is 36.6 Å². The van der Waals surface area contributed by atoms with E-state index in [0.717, 1.165) is 31.2 Å². The largest absolute Gasteiger partial charge is 0.352 e. The van der Waals surface area contributed by atoms with E-state index in [1.165, 1.54) is 6.07 Å². The fourth-order valence-corrected chi connectivity index (χ4v) is 4.18. The van der Waals surface area contributed by atoms with Gasteiger partial charge in [0.15, 0.2) is 0 Å². The average molecular weight is 352 g/mol. The lowest BCUT2D eigenvalue weighted by atomic mass is 9.90. The first-order valence-electron chi connectivity index (χ1n) is 9.07. The summed E-state index contributed by atoms with van der Waals surface area (Å²) in [6.07, 6.45) is 3.36. The summed E-state index contributed by atoms with van der Waals surface area (Å²) in [6, 6.07) is 13.5. The van der Waals surface area contributed by atoms with Crippen LogP contribution in [0.15, 0.2) is 48.5 Å². The maximum atomic E-state index is 13.9. The zero-order chi connectivity index (χ0) is 18.1. The first kappa shape index (κ1) is 16.8. The number of nitrogens with one attached hydrogen (secondary N) is 1. The van der Waals surface area contributed by atoms with Gasteiger partial charge in [-0.1, -0.05) is 43.2 Å². The van der Waals surface area contributed by atoms with Gasteiger partial charge in [0.2, 0.25) is 5.91 Å². The lowest BCUT2D eigenvalue weighted by Crippen LogP contribution is -2.65. The van der Waals surface area contributed by atoms with Crippen molar-refractivity contribution in [1.29, 1.82) is 0 Å². The Morgan fingerprint density at radius 2 is 1.73 bits per heavy atom. The summed E-state index contributed by atoms with van der Waals surface area (Å²) in [5.41, 5.74) is 1.08. The molecule has 2 fully saturated rings. The average Bonchev–Trinajstić information content (AvgIpc) is 3.15. The Hall–Kier alpha value is -2.69. The number of benzene rings is 2.